The highest BCUT2D eigenvalue weighted by atomic mass is 35.5. The molecule has 1 aliphatic rings. The molecule has 1 amide bonds. The Morgan fingerprint density at radius 2 is 1.64 bits per heavy atom. The number of esters is 1. The van der Waals surface area contributed by atoms with E-state index in [1.807, 2.05) is 49.4 Å². The van der Waals surface area contributed by atoms with Crippen LogP contribution in [-0.2, 0) is 20.9 Å². The van der Waals surface area contributed by atoms with Crippen LogP contribution in [0, 0.1) is 11.8 Å². The van der Waals surface area contributed by atoms with Gasteiger partial charge in [-0.05, 0) is 54.3 Å². The summed E-state index contributed by atoms with van der Waals surface area (Å²) < 4.78 is 5.29. The Hall–Kier alpha value is -3.71. The van der Waals surface area contributed by atoms with Crippen LogP contribution in [0.25, 0.3) is 0 Å². The summed E-state index contributed by atoms with van der Waals surface area (Å²) in [4.78, 5) is 28.4. The lowest BCUT2D eigenvalue weighted by Gasteiger charge is -2.40. The lowest BCUT2D eigenvalue weighted by atomic mass is 9.96. The van der Waals surface area contributed by atoms with Crippen molar-refractivity contribution in [3.8, 4) is 11.8 Å². The van der Waals surface area contributed by atoms with Crippen molar-refractivity contribution in [1.29, 1.82) is 0 Å². The smallest absolute Gasteiger partial charge is 0.307 e. The Morgan fingerprint density at radius 3 is 2.29 bits per heavy atom. The number of aliphatic hydroxyl groups is 1. The normalized spacial score (nSPS) is 15.8. The van der Waals surface area contributed by atoms with Crippen molar-refractivity contribution in [2.24, 2.45) is 5.73 Å². The molecule has 3 aromatic rings. The first kappa shape index (κ1) is 34.2. The van der Waals surface area contributed by atoms with E-state index in [0.29, 0.717) is 26.0 Å². The maximum absolute atomic E-state index is 12.5. The summed E-state index contributed by atoms with van der Waals surface area (Å²) in [5.74, 6) is 5.08. The van der Waals surface area contributed by atoms with Crippen molar-refractivity contribution in [3.63, 3.8) is 0 Å². The zero-order valence-corrected chi connectivity index (χ0v) is 26.6. The van der Waals surface area contributed by atoms with Crippen LogP contribution in [0.3, 0.4) is 0 Å². The van der Waals surface area contributed by atoms with Gasteiger partial charge in [0.05, 0.1) is 19.1 Å². The van der Waals surface area contributed by atoms with Gasteiger partial charge in [0.25, 0.3) is 0 Å². The van der Waals surface area contributed by atoms with Gasteiger partial charge in [0.2, 0.25) is 5.91 Å². The fourth-order valence-electron chi connectivity index (χ4n) is 5.52. The molecule has 1 heterocycles. The van der Waals surface area contributed by atoms with Gasteiger partial charge in [-0.2, -0.15) is 0 Å². The van der Waals surface area contributed by atoms with E-state index < -0.39 is 12.0 Å². The molecule has 238 valence electrons. The van der Waals surface area contributed by atoms with Gasteiger partial charge in [-0.3, -0.25) is 19.4 Å². The minimum absolute atomic E-state index is 0.0621. The summed E-state index contributed by atoms with van der Waals surface area (Å²) in [6, 6.07) is 26.7. The molecule has 3 unspecified atom stereocenters. The number of carbonyl (C=O) groups excluding carboxylic acids is 2. The number of halogens is 1. The highest BCUT2D eigenvalue weighted by molar-refractivity contribution is 6.30. The highest BCUT2D eigenvalue weighted by Crippen LogP contribution is 2.30. The number of carbonyl (C=O) groups is 2. The number of nitrogens with zero attached hydrogens (tertiary/aromatic N) is 2. The largest absolute Gasteiger partial charge is 0.466 e. The SMILES string of the molecule is CCOC(=O)CC(CN1CCN(C(c2ccccc2)c2ccc(Cl)cc2)CC1)NCc1ccc(C#CCCC(O)C(N)=O)cc1. The summed E-state index contributed by atoms with van der Waals surface area (Å²) in [6.07, 6.45) is -0.269. The Morgan fingerprint density at radius 1 is 0.978 bits per heavy atom. The molecule has 8 nitrogen and oxygen atoms in total. The molecular formula is C36H43ClN4O4. The van der Waals surface area contributed by atoms with E-state index in [1.54, 1.807) is 0 Å². The number of primary amides is 1. The van der Waals surface area contributed by atoms with Crippen LogP contribution < -0.4 is 11.1 Å². The number of rotatable bonds is 14. The quantitative estimate of drug-likeness (QED) is 0.182. The van der Waals surface area contributed by atoms with Crippen LogP contribution in [0.15, 0.2) is 78.9 Å². The van der Waals surface area contributed by atoms with Gasteiger partial charge in [0.1, 0.15) is 6.10 Å². The number of ether oxygens (including phenoxy) is 1. The van der Waals surface area contributed by atoms with Crippen molar-refractivity contribution in [2.45, 2.75) is 50.9 Å². The number of hydrogen-bond donors (Lipinski definition) is 3. The van der Waals surface area contributed by atoms with Crippen molar-refractivity contribution in [3.05, 3.63) is 106 Å². The van der Waals surface area contributed by atoms with E-state index in [-0.39, 0.29) is 24.5 Å². The molecule has 0 aliphatic carbocycles. The minimum atomic E-state index is -1.17. The summed E-state index contributed by atoms with van der Waals surface area (Å²) in [5.41, 5.74) is 9.48. The predicted octanol–water partition coefficient (Wildman–Crippen LogP) is 4.14. The van der Waals surface area contributed by atoms with E-state index >= 15 is 0 Å². The van der Waals surface area contributed by atoms with E-state index in [2.05, 4.69) is 63.4 Å². The molecule has 45 heavy (non-hydrogen) atoms. The lowest BCUT2D eigenvalue weighted by Crippen LogP contribution is -2.51. The molecule has 0 aromatic heterocycles. The first-order chi connectivity index (χ1) is 21.8. The zero-order valence-electron chi connectivity index (χ0n) is 25.8. The Balaban J connectivity index is 1.34. The van der Waals surface area contributed by atoms with Crippen LogP contribution in [-0.4, -0.2) is 78.3 Å². The first-order valence-corrected chi connectivity index (χ1v) is 15.9. The molecule has 1 aliphatic heterocycles. The molecule has 9 heteroatoms. The molecule has 3 aromatic carbocycles. The van der Waals surface area contributed by atoms with Gasteiger partial charge in [-0.15, -0.1) is 0 Å². The predicted molar refractivity (Wildman–Crippen MR) is 177 cm³/mol. The Bertz CT molecular complexity index is 1420. The van der Waals surface area contributed by atoms with E-state index in [0.717, 1.165) is 48.9 Å². The molecule has 0 bridgehead atoms. The maximum Gasteiger partial charge on any atom is 0.307 e. The molecular weight excluding hydrogens is 588 g/mol. The zero-order chi connectivity index (χ0) is 32.0. The summed E-state index contributed by atoms with van der Waals surface area (Å²) in [7, 11) is 0. The maximum atomic E-state index is 12.5. The summed E-state index contributed by atoms with van der Waals surface area (Å²) in [5, 5.41) is 13.8. The van der Waals surface area contributed by atoms with Crippen molar-refractivity contribution in [1.82, 2.24) is 15.1 Å². The third-order valence-electron chi connectivity index (χ3n) is 7.92. The van der Waals surface area contributed by atoms with Gasteiger partial charge >= 0.3 is 5.97 Å². The van der Waals surface area contributed by atoms with Crippen LogP contribution in [0.4, 0.5) is 0 Å². The second kappa shape index (κ2) is 17.7. The molecule has 0 radical (unpaired) electrons. The second-order valence-corrected chi connectivity index (χ2v) is 11.7. The molecule has 0 saturated carbocycles. The van der Waals surface area contributed by atoms with E-state index in [4.69, 9.17) is 22.1 Å². The highest BCUT2D eigenvalue weighted by Gasteiger charge is 2.28. The lowest BCUT2D eigenvalue weighted by molar-refractivity contribution is -0.143. The third kappa shape index (κ3) is 11.0. The summed E-state index contributed by atoms with van der Waals surface area (Å²) >= 11 is 6.20. The monoisotopic (exact) mass is 630 g/mol. The number of amides is 1. The number of piperazine rings is 1. The number of benzene rings is 3. The van der Waals surface area contributed by atoms with Crippen LogP contribution in [0.2, 0.25) is 5.02 Å². The van der Waals surface area contributed by atoms with E-state index in [9.17, 15) is 14.7 Å². The number of hydrogen-bond acceptors (Lipinski definition) is 7. The van der Waals surface area contributed by atoms with Gasteiger partial charge in [0.15, 0.2) is 0 Å². The fraction of sp³-hybridized carbons (Fsp3) is 0.389. The standard InChI is InChI=1S/C36H43ClN4O4/c1-2-45-34(43)24-32(39-25-28-14-12-27(13-15-28)8-6-7-11-33(42)36(38)44)26-40-20-22-41(23-21-40)35(29-9-4-3-5-10-29)30-16-18-31(37)19-17-30/h3-5,9-10,12-19,32-33,35,39,42H,2,7,11,20-26H2,1H3,(H2,38,44). The molecule has 1 saturated heterocycles. The second-order valence-electron chi connectivity index (χ2n) is 11.2. The minimum Gasteiger partial charge on any atom is -0.466 e. The molecule has 1 fully saturated rings. The first-order valence-electron chi connectivity index (χ1n) is 15.5. The van der Waals surface area contributed by atoms with Crippen LogP contribution >= 0.6 is 11.6 Å². The third-order valence-corrected chi connectivity index (χ3v) is 8.17. The number of nitrogens with one attached hydrogen (secondary N) is 1. The molecule has 0 spiro atoms. The average molecular weight is 631 g/mol. The Labute approximate surface area is 271 Å². The molecule has 3 atom stereocenters. The Kier molecular flexibility index (Phi) is 13.4. The van der Waals surface area contributed by atoms with Gasteiger partial charge in [0, 0.05) is 62.3 Å². The molecule has 4 rings (SSSR count). The van der Waals surface area contributed by atoms with Crippen LogP contribution in [0.1, 0.15) is 54.5 Å². The van der Waals surface area contributed by atoms with Crippen molar-refractivity contribution < 1.29 is 19.4 Å². The summed E-state index contributed by atoms with van der Waals surface area (Å²) in [6.45, 7) is 7.12. The fourth-order valence-corrected chi connectivity index (χ4v) is 5.64. The van der Waals surface area contributed by atoms with E-state index in [1.165, 1.54) is 11.1 Å². The molecule has 4 N–H and O–H groups in total. The van der Waals surface area contributed by atoms with Crippen molar-refractivity contribution in [2.75, 3.05) is 39.3 Å². The van der Waals surface area contributed by atoms with Gasteiger partial charge in [-0.25, -0.2) is 0 Å². The van der Waals surface area contributed by atoms with Crippen molar-refractivity contribution >= 4 is 23.5 Å². The average Bonchev–Trinajstić information content (AvgIpc) is 3.05. The van der Waals surface area contributed by atoms with Gasteiger partial charge in [-0.1, -0.05) is 78.0 Å². The number of nitrogens with two attached hydrogens (primary N) is 1. The topological polar surface area (TPSA) is 108 Å². The number of aliphatic hydroxyl groups excluding tert-OH is 1. The van der Waals surface area contributed by atoms with Gasteiger partial charge < -0.3 is 20.9 Å². The van der Waals surface area contributed by atoms with Crippen LogP contribution in [0.5, 0.6) is 0 Å².